The molecule has 5 nitrogen and oxygen atoms in total. The Bertz CT molecular complexity index is 584. The SMILES string of the molecule is O=C(c1cccnc1N1CCOCC1)N1CCCC2CCCCC21. The third-order valence-corrected chi connectivity index (χ3v) is 5.83. The molecule has 3 heterocycles. The molecule has 130 valence electrons. The van der Waals surface area contributed by atoms with Gasteiger partial charge in [0.05, 0.1) is 18.8 Å². The second-order valence-electron chi connectivity index (χ2n) is 7.23. The first-order valence-corrected chi connectivity index (χ1v) is 9.43. The van der Waals surface area contributed by atoms with E-state index in [1.807, 2.05) is 12.1 Å². The zero-order valence-electron chi connectivity index (χ0n) is 14.3. The monoisotopic (exact) mass is 329 g/mol. The molecular weight excluding hydrogens is 302 g/mol. The summed E-state index contributed by atoms with van der Waals surface area (Å²) >= 11 is 0. The highest BCUT2D eigenvalue weighted by atomic mass is 16.5. The van der Waals surface area contributed by atoms with Crippen LogP contribution in [0.4, 0.5) is 5.82 Å². The molecule has 0 aromatic carbocycles. The summed E-state index contributed by atoms with van der Waals surface area (Å²) in [5, 5.41) is 0. The number of amides is 1. The number of hydrogen-bond donors (Lipinski definition) is 0. The molecule has 0 spiro atoms. The van der Waals surface area contributed by atoms with E-state index in [0.717, 1.165) is 37.4 Å². The largest absolute Gasteiger partial charge is 0.378 e. The van der Waals surface area contributed by atoms with Crippen molar-refractivity contribution in [2.24, 2.45) is 5.92 Å². The Morgan fingerprint density at radius 1 is 1.08 bits per heavy atom. The summed E-state index contributed by atoms with van der Waals surface area (Å²) in [6.45, 7) is 3.93. The van der Waals surface area contributed by atoms with Gasteiger partial charge in [0.15, 0.2) is 0 Å². The van der Waals surface area contributed by atoms with Crippen LogP contribution in [0, 0.1) is 5.92 Å². The molecule has 1 aromatic rings. The molecule has 2 aliphatic heterocycles. The lowest BCUT2D eigenvalue weighted by molar-refractivity contribution is 0.0390. The second-order valence-corrected chi connectivity index (χ2v) is 7.23. The van der Waals surface area contributed by atoms with Crippen LogP contribution in [-0.4, -0.2) is 54.7 Å². The van der Waals surface area contributed by atoms with Gasteiger partial charge in [-0.25, -0.2) is 4.98 Å². The normalized spacial score (nSPS) is 27.7. The van der Waals surface area contributed by atoms with Gasteiger partial charge >= 0.3 is 0 Å². The molecular formula is C19H27N3O2. The summed E-state index contributed by atoms with van der Waals surface area (Å²) in [4.78, 5) is 22.2. The van der Waals surface area contributed by atoms with E-state index >= 15 is 0 Å². The van der Waals surface area contributed by atoms with E-state index < -0.39 is 0 Å². The van der Waals surface area contributed by atoms with Crippen LogP contribution in [0.1, 0.15) is 48.9 Å². The smallest absolute Gasteiger partial charge is 0.257 e. The van der Waals surface area contributed by atoms with E-state index in [2.05, 4.69) is 14.8 Å². The number of likely N-dealkylation sites (tertiary alicyclic amines) is 1. The van der Waals surface area contributed by atoms with E-state index in [4.69, 9.17) is 4.74 Å². The number of carbonyl (C=O) groups is 1. The first kappa shape index (κ1) is 15.9. The summed E-state index contributed by atoms with van der Waals surface area (Å²) in [7, 11) is 0. The van der Waals surface area contributed by atoms with Crippen LogP contribution in [0.25, 0.3) is 0 Å². The number of pyridine rings is 1. The van der Waals surface area contributed by atoms with Crippen LogP contribution in [0.15, 0.2) is 18.3 Å². The third-order valence-electron chi connectivity index (χ3n) is 5.83. The van der Waals surface area contributed by atoms with Gasteiger partial charge in [-0.05, 0) is 43.7 Å². The Labute approximate surface area is 144 Å². The molecule has 5 heteroatoms. The standard InChI is InChI=1S/C19H27N3O2/c23-19(22-10-4-6-15-5-1-2-8-17(15)22)16-7-3-9-20-18(16)21-11-13-24-14-12-21/h3,7,9,15,17H,1-2,4-6,8,10-14H2. The molecule has 3 aliphatic rings. The number of ether oxygens (including phenoxy) is 1. The Morgan fingerprint density at radius 3 is 2.75 bits per heavy atom. The number of hydrogen-bond acceptors (Lipinski definition) is 4. The van der Waals surface area contributed by atoms with Gasteiger partial charge in [-0.1, -0.05) is 12.8 Å². The average Bonchev–Trinajstić information content (AvgIpc) is 2.68. The summed E-state index contributed by atoms with van der Waals surface area (Å²) < 4.78 is 5.44. The van der Waals surface area contributed by atoms with Crippen molar-refractivity contribution in [1.82, 2.24) is 9.88 Å². The van der Waals surface area contributed by atoms with Crippen molar-refractivity contribution >= 4 is 11.7 Å². The zero-order chi connectivity index (χ0) is 16.4. The number of aromatic nitrogens is 1. The van der Waals surface area contributed by atoms with Gasteiger partial charge in [-0.3, -0.25) is 4.79 Å². The molecule has 2 atom stereocenters. The minimum absolute atomic E-state index is 0.182. The topological polar surface area (TPSA) is 45.7 Å². The highest BCUT2D eigenvalue weighted by Crippen LogP contribution is 2.36. The highest BCUT2D eigenvalue weighted by Gasteiger charge is 2.37. The lowest BCUT2D eigenvalue weighted by Crippen LogP contribution is -2.50. The molecule has 1 aromatic heterocycles. The molecule has 24 heavy (non-hydrogen) atoms. The molecule has 0 bridgehead atoms. The maximum atomic E-state index is 13.3. The van der Waals surface area contributed by atoms with Crippen molar-refractivity contribution in [3.05, 3.63) is 23.9 Å². The van der Waals surface area contributed by atoms with Gasteiger partial charge in [0.25, 0.3) is 5.91 Å². The summed E-state index contributed by atoms with van der Waals surface area (Å²) in [6, 6.07) is 4.28. The van der Waals surface area contributed by atoms with Crippen LogP contribution in [-0.2, 0) is 4.74 Å². The number of piperidine rings is 1. The predicted octanol–water partition coefficient (Wildman–Crippen LogP) is 2.71. The number of rotatable bonds is 2. The van der Waals surface area contributed by atoms with Crippen LogP contribution in [0.2, 0.25) is 0 Å². The molecule has 1 amide bonds. The number of fused-ring (bicyclic) bond motifs is 1. The van der Waals surface area contributed by atoms with E-state index in [0.29, 0.717) is 25.2 Å². The fourth-order valence-electron chi connectivity index (χ4n) is 4.62. The molecule has 0 radical (unpaired) electrons. The molecule has 0 N–H and O–H groups in total. The van der Waals surface area contributed by atoms with Gasteiger partial charge in [-0.2, -0.15) is 0 Å². The van der Waals surface area contributed by atoms with Gasteiger partial charge in [-0.15, -0.1) is 0 Å². The van der Waals surface area contributed by atoms with Crippen LogP contribution in [0.5, 0.6) is 0 Å². The minimum Gasteiger partial charge on any atom is -0.378 e. The maximum absolute atomic E-state index is 13.3. The van der Waals surface area contributed by atoms with Crippen LogP contribution < -0.4 is 4.90 Å². The van der Waals surface area contributed by atoms with Gasteiger partial charge in [0.2, 0.25) is 0 Å². The fraction of sp³-hybridized carbons (Fsp3) is 0.684. The predicted molar refractivity (Wildman–Crippen MR) is 93.3 cm³/mol. The van der Waals surface area contributed by atoms with E-state index in [1.54, 1.807) is 6.20 Å². The number of morpholine rings is 1. The Hall–Kier alpha value is -1.62. The second kappa shape index (κ2) is 7.09. The van der Waals surface area contributed by atoms with E-state index in [-0.39, 0.29) is 5.91 Å². The first-order valence-electron chi connectivity index (χ1n) is 9.43. The molecule has 3 fully saturated rings. The molecule has 2 saturated heterocycles. The van der Waals surface area contributed by atoms with Gasteiger partial charge in [0.1, 0.15) is 5.82 Å². The van der Waals surface area contributed by atoms with E-state index in [9.17, 15) is 4.79 Å². The fourth-order valence-corrected chi connectivity index (χ4v) is 4.62. The quantitative estimate of drug-likeness (QED) is 0.837. The van der Waals surface area contributed by atoms with Gasteiger partial charge in [0, 0.05) is 31.9 Å². The average molecular weight is 329 g/mol. The molecule has 1 aliphatic carbocycles. The molecule has 1 saturated carbocycles. The van der Waals surface area contributed by atoms with Crippen molar-refractivity contribution < 1.29 is 9.53 Å². The Kier molecular flexibility index (Phi) is 4.69. The number of nitrogens with zero attached hydrogens (tertiary/aromatic N) is 3. The Morgan fingerprint density at radius 2 is 1.88 bits per heavy atom. The molecule has 2 unspecified atom stereocenters. The van der Waals surface area contributed by atoms with Crippen molar-refractivity contribution in [2.45, 2.75) is 44.6 Å². The highest BCUT2D eigenvalue weighted by molar-refractivity contribution is 5.99. The summed E-state index contributed by atoms with van der Waals surface area (Å²) in [6.07, 6.45) is 9.27. The maximum Gasteiger partial charge on any atom is 0.257 e. The zero-order valence-corrected chi connectivity index (χ0v) is 14.3. The molecule has 4 rings (SSSR count). The van der Waals surface area contributed by atoms with Crippen LogP contribution >= 0.6 is 0 Å². The minimum atomic E-state index is 0.182. The van der Waals surface area contributed by atoms with Crippen molar-refractivity contribution in [3.8, 4) is 0 Å². The number of carbonyl (C=O) groups excluding carboxylic acids is 1. The first-order chi connectivity index (χ1) is 11.8. The van der Waals surface area contributed by atoms with E-state index in [1.165, 1.54) is 32.1 Å². The Balaban J connectivity index is 1.59. The van der Waals surface area contributed by atoms with Gasteiger partial charge < -0.3 is 14.5 Å². The van der Waals surface area contributed by atoms with Crippen LogP contribution in [0.3, 0.4) is 0 Å². The van der Waals surface area contributed by atoms with Crippen molar-refractivity contribution in [1.29, 1.82) is 0 Å². The number of anilines is 1. The lowest BCUT2D eigenvalue weighted by Gasteiger charge is -2.44. The van der Waals surface area contributed by atoms with Crippen molar-refractivity contribution in [2.75, 3.05) is 37.7 Å². The lowest BCUT2D eigenvalue weighted by atomic mass is 9.78. The third kappa shape index (κ3) is 3.02. The summed E-state index contributed by atoms with van der Waals surface area (Å²) in [5.74, 6) is 1.73. The van der Waals surface area contributed by atoms with Crippen molar-refractivity contribution in [3.63, 3.8) is 0 Å². The summed E-state index contributed by atoms with van der Waals surface area (Å²) in [5.41, 5.74) is 0.769.